The van der Waals surface area contributed by atoms with Gasteiger partial charge in [-0.05, 0) is 20.4 Å². The molecule has 0 fully saturated rings. The topological polar surface area (TPSA) is 47.9 Å². The Labute approximate surface area is 62.7 Å². The Balaban J connectivity index is 3.96. The molecule has 0 aromatic carbocycles. The molecule has 3 nitrogen and oxygen atoms in total. The lowest BCUT2D eigenvalue weighted by molar-refractivity contribution is 0.509. The van der Waals surface area contributed by atoms with Gasteiger partial charge in [0.1, 0.15) is 5.84 Å². The fourth-order valence-corrected chi connectivity index (χ4v) is 0.843. The maximum atomic E-state index is 7.47. The van der Waals surface area contributed by atoms with E-state index in [2.05, 4.69) is 10.6 Å². The Morgan fingerprint density at radius 2 is 2.00 bits per heavy atom. The van der Waals surface area contributed by atoms with Crippen LogP contribution in [0, 0.1) is 5.41 Å². The van der Waals surface area contributed by atoms with E-state index in [9.17, 15) is 0 Å². The Hall–Kier alpha value is -0.570. The predicted molar refractivity (Wildman–Crippen MR) is 44.5 cm³/mol. The Bertz CT molecular complexity index is 118. The molecule has 10 heavy (non-hydrogen) atoms. The monoisotopic (exact) mass is 143 g/mol. The predicted octanol–water partition coefficient (Wildman–Crippen LogP) is 0.571. The standard InChI is InChI=1S/C7H17N3/c1-5-10-7(2,3)6(8)9-4/h10H,5H2,1-4H3,(H2,8,9). The van der Waals surface area contributed by atoms with Gasteiger partial charge in [0.15, 0.2) is 0 Å². The summed E-state index contributed by atoms with van der Waals surface area (Å²) in [5.41, 5.74) is -0.219. The second kappa shape index (κ2) is 3.56. The molecule has 0 amide bonds. The molecule has 0 unspecified atom stereocenters. The van der Waals surface area contributed by atoms with E-state index < -0.39 is 0 Å². The van der Waals surface area contributed by atoms with Gasteiger partial charge in [-0.15, -0.1) is 0 Å². The molecule has 0 saturated heterocycles. The van der Waals surface area contributed by atoms with E-state index in [1.165, 1.54) is 0 Å². The molecule has 0 aromatic heterocycles. The Morgan fingerprint density at radius 3 is 2.30 bits per heavy atom. The van der Waals surface area contributed by atoms with Crippen molar-refractivity contribution in [1.29, 1.82) is 5.41 Å². The first-order valence-electron chi connectivity index (χ1n) is 3.56. The second-order valence-corrected chi connectivity index (χ2v) is 2.78. The van der Waals surface area contributed by atoms with Crippen LogP contribution in [0.5, 0.6) is 0 Å². The van der Waals surface area contributed by atoms with Crippen LogP contribution in [0.15, 0.2) is 0 Å². The zero-order valence-electron chi connectivity index (χ0n) is 7.21. The van der Waals surface area contributed by atoms with Crippen molar-refractivity contribution in [2.24, 2.45) is 0 Å². The molecule has 3 heteroatoms. The van der Waals surface area contributed by atoms with Gasteiger partial charge in [-0.3, -0.25) is 5.41 Å². The lowest BCUT2D eigenvalue weighted by Crippen LogP contribution is -2.51. The van der Waals surface area contributed by atoms with Crippen LogP contribution >= 0.6 is 0 Å². The molecule has 0 atom stereocenters. The highest BCUT2D eigenvalue weighted by Gasteiger charge is 2.20. The SMILES string of the molecule is CCNC(C)(C)C(=N)NC. The van der Waals surface area contributed by atoms with Gasteiger partial charge in [0.05, 0.1) is 5.54 Å². The maximum Gasteiger partial charge on any atom is 0.113 e. The molecule has 0 radical (unpaired) electrons. The van der Waals surface area contributed by atoms with Crippen molar-refractivity contribution in [1.82, 2.24) is 10.6 Å². The fourth-order valence-electron chi connectivity index (χ4n) is 0.843. The first kappa shape index (κ1) is 9.43. The van der Waals surface area contributed by atoms with Gasteiger partial charge in [0.2, 0.25) is 0 Å². The molecule has 3 N–H and O–H groups in total. The van der Waals surface area contributed by atoms with Crippen LogP contribution in [0.3, 0.4) is 0 Å². The van der Waals surface area contributed by atoms with Gasteiger partial charge >= 0.3 is 0 Å². The summed E-state index contributed by atoms with van der Waals surface area (Å²) < 4.78 is 0. The highest BCUT2D eigenvalue weighted by molar-refractivity contribution is 5.87. The summed E-state index contributed by atoms with van der Waals surface area (Å²) >= 11 is 0. The van der Waals surface area contributed by atoms with Crippen molar-refractivity contribution in [3.05, 3.63) is 0 Å². The van der Waals surface area contributed by atoms with Crippen molar-refractivity contribution in [2.45, 2.75) is 26.3 Å². The molecular formula is C7H17N3. The second-order valence-electron chi connectivity index (χ2n) is 2.78. The number of amidine groups is 1. The molecule has 0 rings (SSSR count). The average molecular weight is 143 g/mol. The quantitative estimate of drug-likeness (QED) is 0.399. The summed E-state index contributed by atoms with van der Waals surface area (Å²) in [6, 6.07) is 0. The maximum absolute atomic E-state index is 7.47. The van der Waals surface area contributed by atoms with Crippen LogP contribution in [0.25, 0.3) is 0 Å². The number of hydrogen-bond acceptors (Lipinski definition) is 2. The molecule has 60 valence electrons. The number of nitrogens with one attached hydrogen (secondary N) is 3. The van der Waals surface area contributed by atoms with E-state index in [4.69, 9.17) is 5.41 Å². The zero-order chi connectivity index (χ0) is 8.20. The summed E-state index contributed by atoms with van der Waals surface area (Å²) in [5.74, 6) is 0.523. The van der Waals surface area contributed by atoms with Crippen LogP contribution in [-0.2, 0) is 0 Å². The largest absolute Gasteiger partial charge is 0.376 e. The molecule has 0 bridgehead atoms. The van der Waals surface area contributed by atoms with Crippen molar-refractivity contribution < 1.29 is 0 Å². The highest BCUT2D eigenvalue weighted by atomic mass is 15.0. The van der Waals surface area contributed by atoms with Gasteiger partial charge in [-0.1, -0.05) is 6.92 Å². The summed E-state index contributed by atoms with van der Waals surface area (Å²) in [4.78, 5) is 0. The molecule has 0 spiro atoms. The van der Waals surface area contributed by atoms with Crippen molar-refractivity contribution in [2.75, 3.05) is 13.6 Å². The minimum atomic E-state index is -0.219. The minimum Gasteiger partial charge on any atom is -0.376 e. The third-order valence-electron chi connectivity index (χ3n) is 1.49. The molecule has 0 heterocycles. The molecule has 0 aliphatic heterocycles. The van der Waals surface area contributed by atoms with E-state index >= 15 is 0 Å². The van der Waals surface area contributed by atoms with E-state index in [-0.39, 0.29) is 5.54 Å². The molecule has 0 saturated carbocycles. The van der Waals surface area contributed by atoms with Crippen molar-refractivity contribution in [3.8, 4) is 0 Å². The number of likely N-dealkylation sites (N-methyl/N-ethyl adjacent to an activating group) is 2. The van der Waals surface area contributed by atoms with Crippen LogP contribution < -0.4 is 10.6 Å². The highest BCUT2D eigenvalue weighted by Crippen LogP contribution is 2.00. The zero-order valence-corrected chi connectivity index (χ0v) is 7.21. The van der Waals surface area contributed by atoms with Gasteiger partial charge in [-0.25, -0.2) is 0 Å². The van der Waals surface area contributed by atoms with E-state index in [1.54, 1.807) is 7.05 Å². The molecule has 0 aromatic rings. The Kier molecular flexibility index (Phi) is 3.36. The van der Waals surface area contributed by atoms with E-state index in [0.717, 1.165) is 6.54 Å². The van der Waals surface area contributed by atoms with Gasteiger partial charge in [0.25, 0.3) is 0 Å². The van der Waals surface area contributed by atoms with Crippen LogP contribution in [0.4, 0.5) is 0 Å². The van der Waals surface area contributed by atoms with E-state index in [1.807, 2.05) is 20.8 Å². The fraction of sp³-hybridized carbons (Fsp3) is 0.857. The van der Waals surface area contributed by atoms with Crippen LogP contribution in [0.2, 0.25) is 0 Å². The third kappa shape index (κ3) is 2.35. The number of rotatable bonds is 3. The minimum absolute atomic E-state index is 0.219. The summed E-state index contributed by atoms with van der Waals surface area (Å²) in [5, 5.41) is 13.5. The Morgan fingerprint density at radius 1 is 1.50 bits per heavy atom. The lowest BCUT2D eigenvalue weighted by Gasteiger charge is -2.25. The molecular weight excluding hydrogens is 126 g/mol. The number of hydrogen-bond donors (Lipinski definition) is 3. The van der Waals surface area contributed by atoms with Gasteiger partial charge in [0, 0.05) is 7.05 Å². The first-order chi connectivity index (χ1) is 4.54. The van der Waals surface area contributed by atoms with Crippen molar-refractivity contribution in [3.63, 3.8) is 0 Å². The summed E-state index contributed by atoms with van der Waals surface area (Å²) in [6.45, 7) is 6.88. The third-order valence-corrected chi connectivity index (χ3v) is 1.49. The van der Waals surface area contributed by atoms with Gasteiger partial charge in [-0.2, -0.15) is 0 Å². The van der Waals surface area contributed by atoms with Crippen LogP contribution in [0.1, 0.15) is 20.8 Å². The normalized spacial score (nSPS) is 11.2. The molecule has 0 aliphatic carbocycles. The summed E-state index contributed by atoms with van der Waals surface area (Å²) in [6.07, 6.45) is 0. The van der Waals surface area contributed by atoms with Crippen LogP contribution in [-0.4, -0.2) is 25.0 Å². The average Bonchev–Trinajstić information content (AvgIpc) is 1.86. The summed E-state index contributed by atoms with van der Waals surface area (Å²) in [7, 11) is 1.77. The molecule has 0 aliphatic rings. The van der Waals surface area contributed by atoms with Crippen molar-refractivity contribution >= 4 is 5.84 Å². The lowest BCUT2D eigenvalue weighted by atomic mass is 10.0. The first-order valence-corrected chi connectivity index (χ1v) is 3.56. The van der Waals surface area contributed by atoms with Gasteiger partial charge < -0.3 is 10.6 Å². The van der Waals surface area contributed by atoms with E-state index in [0.29, 0.717) is 5.84 Å². The smallest absolute Gasteiger partial charge is 0.113 e.